The molecule has 1 aliphatic carbocycles. The third kappa shape index (κ3) is 4.77. The molecular weight excluding hydrogens is 240 g/mol. The van der Waals surface area contributed by atoms with Crippen molar-refractivity contribution in [2.45, 2.75) is 77.4 Å². The first-order chi connectivity index (χ1) is 8.89. The van der Waals surface area contributed by atoms with Crippen LogP contribution in [0.1, 0.15) is 59.8 Å². The van der Waals surface area contributed by atoms with Crippen LogP contribution in [-0.4, -0.2) is 46.7 Å². The molecule has 4 nitrogen and oxygen atoms in total. The van der Waals surface area contributed by atoms with Crippen LogP contribution in [0.4, 0.5) is 0 Å². The van der Waals surface area contributed by atoms with E-state index in [9.17, 15) is 9.90 Å². The SMILES string of the molecule is CCN(CC(C)(NC(C)C)C(=O)O)C1CCCCC1. The minimum atomic E-state index is -0.860. The summed E-state index contributed by atoms with van der Waals surface area (Å²) in [6.07, 6.45) is 6.32. The molecule has 2 N–H and O–H groups in total. The number of nitrogens with zero attached hydrogens (tertiary/aromatic N) is 1. The summed E-state index contributed by atoms with van der Waals surface area (Å²) in [5.41, 5.74) is -0.860. The molecule has 0 spiro atoms. The second-order valence-electron chi connectivity index (χ2n) is 6.29. The summed E-state index contributed by atoms with van der Waals surface area (Å²) in [6, 6.07) is 0.734. The molecule has 1 unspecified atom stereocenters. The molecule has 19 heavy (non-hydrogen) atoms. The van der Waals surface area contributed by atoms with Gasteiger partial charge in [-0.05, 0) is 40.2 Å². The van der Waals surface area contributed by atoms with Crippen LogP contribution in [0.15, 0.2) is 0 Å². The molecule has 4 heteroatoms. The number of hydrogen-bond donors (Lipinski definition) is 2. The quantitative estimate of drug-likeness (QED) is 0.746. The molecule has 0 aromatic rings. The lowest BCUT2D eigenvalue weighted by Gasteiger charge is -2.39. The van der Waals surface area contributed by atoms with E-state index in [1.165, 1.54) is 32.1 Å². The van der Waals surface area contributed by atoms with E-state index in [0.717, 1.165) is 6.54 Å². The van der Waals surface area contributed by atoms with Gasteiger partial charge in [0.15, 0.2) is 0 Å². The van der Waals surface area contributed by atoms with Crippen molar-refractivity contribution in [3.05, 3.63) is 0 Å². The summed E-state index contributed by atoms with van der Waals surface area (Å²) in [5, 5.41) is 12.8. The van der Waals surface area contributed by atoms with E-state index >= 15 is 0 Å². The zero-order valence-corrected chi connectivity index (χ0v) is 12.9. The summed E-state index contributed by atoms with van der Waals surface area (Å²) >= 11 is 0. The van der Waals surface area contributed by atoms with Crippen LogP contribution in [0.5, 0.6) is 0 Å². The van der Waals surface area contributed by atoms with Gasteiger partial charge in [0.2, 0.25) is 0 Å². The molecule has 1 atom stereocenters. The maximum atomic E-state index is 11.6. The largest absolute Gasteiger partial charge is 0.480 e. The number of carboxylic acid groups (broad SMARTS) is 1. The van der Waals surface area contributed by atoms with Gasteiger partial charge < -0.3 is 5.11 Å². The summed E-state index contributed by atoms with van der Waals surface area (Å²) in [7, 11) is 0. The Morgan fingerprint density at radius 1 is 1.37 bits per heavy atom. The Morgan fingerprint density at radius 3 is 2.37 bits per heavy atom. The molecule has 0 heterocycles. The fraction of sp³-hybridized carbons (Fsp3) is 0.933. The van der Waals surface area contributed by atoms with Crippen LogP contribution >= 0.6 is 0 Å². The van der Waals surface area contributed by atoms with E-state index in [1.54, 1.807) is 6.92 Å². The van der Waals surface area contributed by atoms with Gasteiger partial charge in [0, 0.05) is 18.6 Å². The Bertz CT molecular complexity index is 288. The molecule has 112 valence electrons. The van der Waals surface area contributed by atoms with Crippen molar-refractivity contribution < 1.29 is 9.90 Å². The van der Waals surface area contributed by atoms with Gasteiger partial charge in [0.1, 0.15) is 5.54 Å². The maximum absolute atomic E-state index is 11.6. The summed E-state index contributed by atoms with van der Waals surface area (Å²) in [6.45, 7) is 9.44. The fourth-order valence-electron chi connectivity index (χ4n) is 3.16. The molecule has 0 aliphatic heterocycles. The predicted molar refractivity (Wildman–Crippen MR) is 78.4 cm³/mol. The average Bonchev–Trinajstić information content (AvgIpc) is 2.36. The third-order valence-corrected chi connectivity index (χ3v) is 4.10. The molecule has 0 amide bonds. The van der Waals surface area contributed by atoms with Gasteiger partial charge in [0.25, 0.3) is 0 Å². The first kappa shape index (κ1) is 16.4. The fourth-order valence-corrected chi connectivity index (χ4v) is 3.16. The van der Waals surface area contributed by atoms with Gasteiger partial charge in [-0.1, -0.05) is 26.2 Å². The van der Waals surface area contributed by atoms with E-state index in [1.807, 2.05) is 13.8 Å². The summed E-state index contributed by atoms with van der Waals surface area (Å²) in [5.74, 6) is -0.754. The van der Waals surface area contributed by atoms with E-state index in [-0.39, 0.29) is 6.04 Å². The number of carbonyl (C=O) groups is 1. The van der Waals surface area contributed by atoms with Crippen molar-refractivity contribution in [2.24, 2.45) is 0 Å². The number of carboxylic acids is 1. The Morgan fingerprint density at radius 2 is 1.95 bits per heavy atom. The van der Waals surface area contributed by atoms with E-state index in [4.69, 9.17) is 0 Å². The van der Waals surface area contributed by atoms with Crippen LogP contribution in [0, 0.1) is 0 Å². The molecule has 1 rings (SSSR count). The highest BCUT2D eigenvalue weighted by Gasteiger charge is 2.37. The zero-order chi connectivity index (χ0) is 14.5. The number of nitrogens with one attached hydrogen (secondary N) is 1. The number of rotatable bonds is 7. The van der Waals surface area contributed by atoms with E-state index in [0.29, 0.717) is 12.6 Å². The Kier molecular flexibility index (Phi) is 6.27. The Hall–Kier alpha value is -0.610. The normalized spacial score (nSPS) is 20.7. The number of aliphatic carboxylic acids is 1. The number of likely N-dealkylation sites (N-methyl/N-ethyl adjacent to an activating group) is 1. The van der Waals surface area contributed by atoms with Crippen LogP contribution < -0.4 is 5.32 Å². The average molecular weight is 270 g/mol. The van der Waals surface area contributed by atoms with E-state index in [2.05, 4.69) is 17.1 Å². The molecule has 1 saturated carbocycles. The molecule has 0 radical (unpaired) electrons. The van der Waals surface area contributed by atoms with Gasteiger partial charge in [0.05, 0.1) is 0 Å². The van der Waals surface area contributed by atoms with Crippen molar-refractivity contribution in [1.82, 2.24) is 10.2 Å². The van der Waals surface area contributed by atoms with Gasteiger partial charge in [-0.3, -0.25) is 15.0 Å². The second kappa shape index (κ2) is 7.25. The smallest absolute Gasteiger partial charge is 0.324 e. The van der Waals surface area contributed by atoms with Crippen LogP contribution in [0.3, 0.4) is 0 Å². The van der Waals surface area contributed by atoms with E-state index < -0.39 is 11.5 Å². The highest BCUT2D eigenvalue weighted by atomic mass is 16.4. The minimum Gasteiger partial charge on any atom is -0.480 e. The lowest BCUT2D eigenvalue weighted by Crippen LogP contribution is -2.60. The molecular formula is C15H30N2O2. The number of hydrogen-bond acceptors (Lipinski definition) is 3. The summed E-state index contributed by atoms with van der Waals surface area (Å²) in [4.78, 5) is 14.0. The van der Waals surface area contributed by atoms with Crippen molar-refractivity contribution in [3.8, 4) is 0 Å². The van der Waals surface area contributed by atoms with Crippen molar-refractivity contribution in [2.75, 3.05) is 13.1 Å². The predicted octanol–water partition coefficient (Wildman–Crippen LogP) is 2.48. The topological polar surface area (TPSA) is 52.6 Å². The Labute approximate surface area is 117 Å². The molecule has 0 saturated heterocycles. The first-order valence-electron chi connectivity index (χ1n) is 7.64. The lowest BCUT2D eigenvalue weighted by atomic mass is 9.92. The highest BCUT2D eigenvalue weighted by molar-refractivity contribution is 5.78. The van der Waals surface area contributed by atoms with Crippen LogP contribution in [0.25, 0.3) is 0 Å². The van der Waals surface area contributed by atoms with Crippen molar-refractivity contribution in [3.63, 3.8) is 0 Å². The second-order valence-corrected chi connectivity index (χ2v) is 6.29. The lowest BCUT2D eigenvalue weighted by molar-refractivity contribution is -0.145. The summed E-state index contributed by atoms with van der Waals surface area (Å²) < 4.78 is 0. The van der Waals surface area contributed by atoms with Gasteiger partial charge >= 0.3 is 5.97 Å². The first-order valence-corrected chi connectivity index (χ1v) is 7.64. The zero-order valence-electron chi connectivity index (χ0n) is 12.9. The van der Waals surface area contributed by atoms with Gasteiger partial charge in [-0.2, -0.15) is 0 Å². The van der Waals surface area contributed by atoms with Crippen LogP contribution in [0.2, 0.25) is 0 Å². The molecule has 1 aliphatic rings. The minimum absolute atomic E-state index is 0.172. The maximum Gasteiger partial charge on any atom is 0.324 e. The molecule has 1 fully saturated rings. The monoisotopic (exact) mass is 270 g/mol. The highest BCUT2D eigenvalue weighted by Crippen LogP contribution is 2.24. The Balaban J connectivity index is 2.71. The molecule has 0 aromatic heterocycles. The van der Waals surface area contributed by atoms with Crippen molar-refractivity contribution >= 4 is 5.97 Å². The van der Waals surface area contributed by atoms with Crippen molar-refractivity contribution in [1.29, 1.82) is 0 Å². The standard InChI is InChI=1S/C15H30N2O2/c1-5-17(13-9-7-6-8-10-13)11-15(4,14(18)19)16-12(2)3/h12-13,16H,5-11H2,1-4H3,(H,18,19). The van der Waals surface area contributed by atoms with Crippen LogP contribution in [-0.2, 0) is 4.79 Å². The molecule has 0 bridgehead atoms. The molecule has 0 aromatic carbocycles. The third-order valence-electron chi connectivity index (χ3n) is 4.10. The van der Waals surface area contributed by atoms with Gasteiger partial charge in [-0.15, -0.1) is 0 Å². The van der Waals surface area contributed by atoms with Gasteiger partial charge in [-0.25, -0.2) is 0 Å².